The molecule has 0 radical (unpaired) electrons. The molecule has 0 atom stereocenters. The van der Waals surface area contributed by atoms with E-state index in [1.165, 1.54) is 111 Å². The molecule has 0 bridgehead atoms. The van der Waals surface area contributed by atoms with E-state index < -0.39 is 10.8 Å². The van der Waals surface area contributed by atoms with Crippen LogP contribution in [0.25, 0.3) is 66.8 Å². The van der Waals surface area contributed by atoms with Gasteiger partial charge in [-0.05, 0) is 148 Å². The first-order chi connectivity index (χ1) is 37.2. The van der Waals surface area contributed by atoms with Crippen LogP contribution in [0.2, 0.25) is 0 Å². The fraction of sp³-hybridized carbons (Fsp3) is 0.0270. The van der Waals surface area contributed by atoms with E-state index in [9.17, 15) is 0 Å². The fourth-order valence-electron chi connectivity index (χ4n) is 13.5. The Balaban J connectivity index is 1.06. The average molecular weight is 952 g/mol. The van der Waals surface area contributed by atoms with Crippen LogP contribution in [-0.4, -0.2) is 0 Å². The highest BCUT2D eigenvalue weighted by molar-refractivity contribution is 6.00. The molecule has 0 saturated carbocycles. The number of hydrogen-bond acceptors (Lipinski definition) is 1. The molecular formula is C74H49N. The van der Waals surface area contributed by atoms with Gasteiger partial charge in [0.15, 0.2) is 0 Å². The lowest BCUT2D eigenvalue weighted by Gasteiger charge is -2.49. The number of anilines is 3. The van der Waals surface area contributed by atoms with Gasteiger partial charge in [0.05, 0.1) is 16.5 Å². The van der Waals surface area contributed by atoms with Crippen molar-refractivity contribution in [2.24, 2.45) is 0 Å². The van der Waals surface area contributed by atoms with Crippen molar-refractivity contribution in [1.82, 2.24) is 0 Å². The normalized spacial score (nSPS) is 13.5. The summed E-state index contributed by atoms with van der Waals surface area (Å²) in [6.45, 7) is 0. The van der Waals surface area contributed by atoms with E-state index in [4.69, 9.17) is 0 Å². The Morgan fingerprint density at radius 2 is 0.520 bits per heavy atom. The Hall–Kier alpha value is -9.56. The summed E-state index contributed by atoms with van der Waals surface area (Å²) in [6.07, 6.45) is 0. The highest BCUT2D eigenvalue weighted by atomic mass is 15.1. The number of nitrogens with zero attached hydrogens (tertiary/aromatic N) is 1. The molecule has 350 valence electrons. The Morgan fingerprint density at radius 1 is 0.200 bits per heavy atom. The summed E-state index contributed by atoms with van der Waals surface area (Å²) in [5.41, 5.74) is 27.1. The second-order valence-corrected chi connectivity index (χ2v) is 20.3. The van der Waals surface area contributed by atoms with Gasteiger partial charge in [-0.1, -0.05) is 255 Å². The van der Waals surface area contributed by atoms with Crippen molar-refractivity contribution in [3.63, 3.8) is 0 Å². The van der Waals surface area contributed by atoms with Crippen molar-refractivity contribution in [3.05, 3.63) is 342 Å². The maximum absolute atomic E-state index is 2.56. The lowest BCUT2D eigenvalue weighted by molar-refractivity contribution is 0.633. The summed E-state index contributed by atoms with van der Waals surface area (Å²) < 4.78 is 0. The summed E-state index contributed by atoms with van der Waals surface area (Å²) in [7, 11) is 0. The molecule has 3 aliphatic carbocycles. The van der Waals surface area contributed by atoms with Gasteiger partial charge in [-0.3, -0.25) is 0 Å². The fourth-order valence-corrected chi connectivity index (χ4v) is 13.5. The van der Waals surface area contributed by atoms with E-state index in [1.807, 2.05) is 0 Å². The highest BCUT2D eigenvalue weighted by Crippen LogP contribution is 2.69. The maximum Gasteiger partial charge on any atom is 0.0721 e. The van der Waals surface area contributed by atoms with Gasteiger partial charge < -0.3 is 4.90 Å². The molecule has 0 saturated heterocycles. The predicted molar refractivity (Wildman–Crippen MR) is 311 cm³/mol. The molecular weight excluding hydrogens is 903 g/mol. The van der Waals surface area contributed by atoms with Gasteiger partial charge in [-0.25, -0.2) is 0 Å². The zero-order chi connectivity index (χ0) is 49.5. The van der Waals surface area contributed by atoms with Crippen molar-refractivity contribution < 1.29 is 0 Å². The molecule has 3 aliphatic rings. The summed E-state index contributed by atoms with van der Waals surface area (Å²) >= 11 is 0. The zero-order valence-electron chi connectivity index (χ0n) is 41.2. The van der Waals surface area contributed by atoms with E-state index in [-0.39, 0.29) is 0 Å². The van der Waals surface area contributed by atoms with Crippen molar-refractivity contribution in [1.29, 1.82) is 0 Å². The molecule has 0 aromatic heterocycles. The Bertz CT molecular complexity index is 3920. The van der Waals surface area contributed by atoms with Crippen LogP contribution in [0.1, 0.15) is 44.5 Å². The number of fused-ring (bicyclic) bond motifs is 16. The molecule has 0 unspecified atom stereocenters. The van der Waals surface area contributed by atoms with Gasteiger partial charge in [0, 0.05) is 16.9 Å². The van der Waals surface area contributed by atoms with Crippen molar-refractivity contribution >= 4 is 17.1 Å². The SMILES string of the molecule is c1ccc(-c2ccc(N(c3ccc(-c4ccccc4)cc3)c3cccc4c3-c3ccccc3C43c4cc(-c5ccccc5)ccc4C4(c5ccccc5-c5ccccc54)c4ccc(-c5ccccc5)cc43)cc2)cc1. The van der Waals surface area contributed by atoms with Crippen molar-refractivity contribution in [3.8, 4) is 66.8 Å². The quantitative estimate of drug-likeness (QED) is 0.154. The van der Waals surface area contributed by atoms with Crippen molar-refractivity contribution in [2.45, 2.75) is 10.8 Å². The third-order valence-electron chi connectivity index (χ3n) is 16.6. The number of rotatable bonds is 7. The van der Waals surface area contributed by atoms with Gasteiger partial charge in [-0.2, -0.15) is 0 Å². The minimum absolute atomic E-state index is 0.601. The molecule has 12 aromatic carbocycles. The minimum atomic E-state index is -0.736. The second kappa shape index (κ2) is 17.0. The average Bonchev–Trinajstić information content (AvgIpc) is 3.96. The van der Waals surface area contributed by atoms with Gasteiger partial charge >= 0.3 is 0 Å². The third kappa shape index (κ3) is 6.32. The molecule has 0 fully saturated rings. The molecule has 2 spiro atoms. The number of hydrogen-bond donors (Lipinski definition) is 0. The van der Waals surface area contributed by atoms with E-state index in [0.29, 0.717) is 0 Å². The van der Waals surface area contributed by atoms with Crippen LogP contribution in [-0.2, 0) is 10.8 Å². The molecule has 0 heterocycles. The first kappa shape index (κ1) is 43.1. The summed E-state index contributed by atoms with van der Waals surface area (Å²) in [5.74, 6) is 0. The van der Waals surface area contributed by atoms with Crippen LogP contribution in [0, 0.1) is 0 Å². The van der Waals surface area contributed by atoms with Gasteiger partial charge in [0.25, 0.3) is 0 Å². The van der Waals surface area contributed by atoms with Crippen LogP contribution in [0.4, 0.5) is 17.1 Å². The lowest BCUT2D eigenvalue weighted by atomic mass is 9.52. The van der Waals surface area contributed by atoms with Crippen LogP contribution in [0.15, 0.2) is 297 Å². The molecule has 12 aromatic rings. The molecule has 0 aliphatic heterocycles. The Morgan fingerprint density at radius 3 is 0.960 bits per heavy atom. The van der Waals surface area contributed by atoms with Gasteiger partial charge in [-0.15, -0.1) is 0 Å². The lowest BCUT2D eigenvalue weighted by Crippen LogP contribution is -2.44. The van der Waals surface area contributed by atoms with E-state index >= 15 is 0 Å². The van der Waals surface area contributed by atoms with Crippen LogP contribution in [0.3, 0.4) is 0 Å². The van der Waals surface area contributed by atoms with Gasteiger partial charge in [0.2, 0.25) is 0 Å². The minimum Gasteiger partial charge on any atom is -0.310 e. The smallest absolute Gasteiger partial charge is 0.0721 e. The van der Waals surface area contributed by atoms with Gasteiger partial charge in [0.1, 0.15) is 0 Å². The number of benzene rings is 12. The first-order valence-electron chi connectivity index (χ1n) is 26.2. The first-order valence-corrected chi connectivity index (χ1v) is 26.2. The Labute approximate surface area is 439 Å². The zero-order valence-corrected chi connectivity index (χ0v) is 41.2. The predicted octanol–water partition coefficient (Wildman–Crippen LogP) is 18.9. The summed E-state index contributed by atoms with van der Waals surface area (Å²) in [5, 5.41) is 0. The van der Waals surface area contributed by atoms with Crippen LogP contribution in [0.5, 0.6) is 0 Å². The molecule has 0 amide bonds. The van der Waals surface area contributed by atoms with E-state index in [2.05, 4.69) is 302 Å². The molecule has 15 rings (SSSR count). The van der Waals surface area contributed by atoms with Crippen molar-refractivity contribution in [2.75, 3.05) is 4.90 Å². The standard InChI is InChI=1S/C74H49N/c1-5-20-50(21-6-1)54-36-42-58(43-37-54)75(59-44-38-55(39-45-59)51-22-7-2-8-23-51)71-35-19-34-68-72(71)62-30-15-18-33-65(62)74(68)69-48-56(52-24-9-3-10-25-52)40-46-66(69)73(63-31-16-13-28-60(63)61-29-14-17-32-64(61)73)67-47-41-57(49-70(67)74)53-26-11-4-12-27-53/h1-49H. The largest absolute Gasteiger partial charge is 0.310 e. The Kier molecular flexibility index (Phi) is 9.77. The van der Waals surface area contributed by atoms with Crippen LogP contribution >= 0.6 is 0 Å². The second-order valence-electron chi connectivity index (χ2n) is 20.3. The third-order valence-corrected chi connectivity index (χ3v) is 16.6. The monoisotopic (exact) mass is 951 g/mol. The molecule has 75 heavy (non-hydrogen) atoms. The topological polar surface area (TPSA) is 3.24 Å². The molecule has 1 nitrogen and oxygen atoms in total. The maximum atomic E-state index is 2.56. The van der Waals surface area contributed by atoms with Crippen LogP contribution < -0.4 is 4.90 Å². The molecule has 0 N–H and O–H groups in total. The summed E-state index contributed by atoms with van der Waals surface area (Å²) in [4.78, 5) is 2.49. The highest BCUT2D eigenvalue weighted by Gasteiger charge is 2.59. The van der Waals surface area contributed by atoms with E-state index in [1.54, 1.807) is 0 Å². The summed E-state index contributed by atoms with van der Waals surface area (Å²) in [6, 6.07) is 111. The molecule has 1 heteroatoms. The van der Waals surface area contributed by atoms with E-state index in [0.717, 1.165) is 17.1 Å².